The Morgan fingerprint density at radius 3 is 2.89 bits per heavy atom. The third kappa shape index (κ3) is 3.49. The smallest absolute Gasteiger partial charge is 0.175 e. The Morgan fingerprint density at radius 1 is 1.50 bits per heavy atom. The lowest BCUT2D eigenvalue weighted by atomic mass is 9.79. The first-order chi connectivity index (χ1) is 8.60. The van der Waals surface area contributed by atoms with E-state index in [2.05, 4.69) is 34.6 Å². The second-order valence-corrected chi connectivity index (χ2v) is 5.56. The van der Waals surface area contributed by atoms with E-state index in [1.54, 1.807) is 7.05 Å². The number of hydrogen-bond acceptors (Lipinski definition) is 5. The molecule has 1 aliphatic rings. The van der Waals surface area contributed by atoms with Crippen LogP contribution in [-0.4, -0.2) is 46.0 Å². The molecular weight excluding hydrogens is 230 g/mol. The van der Waals surface area contributed by atoms with Gasteiger partial charge in [-0.25, -0.2) is 0 Å². The molecule has 6 heteroatoms. The van der Waals surface area contributed by atoms with Gasteiger partial charge >= 0.3 is 0 Å². The SMILES string of the molecule is CC(C)NCC1(Cc2nnn(C)n2)CCCOC1. The number of rotatable bonds is 5. The topological polar surface area (TPSA) is 64.9 Å². The van der Waals surface area contributed by atoms with Crippen molar-refractivity contribution in [3.05, 3.63) is 5.82 Å². The van der Waals surface area contributed by atoms with E-state index in [-0.39, 0.29) is 5.41 Å². The number of nitrogens with one attached hydrogen (secondary N) is 1. The lowest BCUT2D eigenvalue weighted by molar-refractivity contribution is -0.00906. The first kappa shape index (κ1) is 13.4. The Kier molecular flexibility index (Phi) is 4.29. The summed E-state index contributed by atoms with van der Waals surface area (Å²) in [5.74, 6) is 0.813. The van der Waals surface area contributed by atoms with Crippen LogP contribution in [0.15, 0.2) is 0 Å². The minimum Gasteiger partial charge on any atom is -0.381 e. The van der Waals surface area contributed by atoms with Crippen LogP contribution in [0.25, 0.3) is 0 Å². The number of tetrazole rings is 1. The highest BCUT2D eigenvalue weighted by Crippen LogP contribution is 2.31. The number of aromatic nitrogens is 4. The molecule has 1 fully saturated rings. The van der Waals surface area contributed by atoms with Crippen LogP contribution in [0.5, 0.6) is 0 Å². The molecule has 0 saturated carbocycles. The normalized spacial score (nSPS) is 24.7. The molecule has 1 atom stereocenters. The van der Waals surface area contributed by atoms with Gasteiger partial charge in [0.1, 0.15) is 0 Å². The Labute approximate surface area is 108 Å². The molecular formula is C12H23N5O. The lowest BCUT2D eigenvalue weighted by Crippen LogP contribution is -2.44. The van der Waals surface area contributed by atoms with Crippen LogP contribution in [0.1, 0.15) is 32.5 Å². The molecule has 1 aromatic rings. The summed E-state index contributed by atoms with van der Waals surface area (Å²) in [6, 6.07) is 0.485. The Bertz CT molecular complexity index is 370. The summed E-state index contributed by atoms with van der Waals surface area (Å²) < 4.78 is 5.67. The standard InChI is InChI=1S/C12H23N5O/c1-10(2)13-8-12(5-4-6-18-9-12)7-11-14-16-17(3)15-11/h10,13H,4-9H2,1-3H3. The molecule has 6 nitrogen and oxygen atoms in total. The zero-order valence-electron chi connectivity index (χ0n) is 11.5. The molecule has 18 heavy (non-hydrogen) atoms. The molecule has 1 saturated heterocycles. The molecule has 0 radical (unpaired) electrons. The summed E-state index contributed by atoms with van der Waals surface area (Å²) in [7, 11) is 1.80. The van der Waals surface area contributed by atoms with Crippen molar-refractivity contribution in [1.82, 2.24) is 25.5 Å². The van der Waals surface area contributed by atoms with E-state index < -0.39 is 0 Å². The maximum Gasteiger partial charge on any atom is 0.175 e. The molecule has 0 aromatic carbocycles. The molecule has 0 spiro atoms. The van der Waals surface area contributed by atoms with Gasteiger partial charge < -0.3 is 10.1 Å². The number of aryl methyl sites for hydroxylation is 1. The fourth-order valence-corrected chi connectivity index (χ4v) is 2.40. The predicted octanol–water partition coefficient (Wildman–Crippen LogP) is 0.547. The lowest BCUT2D eigenvalue weighted by Gasteiger charge is -2.37. The van der Waals surface area contributed by atoms with E-state index in [4.69, 9.17) is 4.74 Å². The van der Waals surface area contributed by atoms with Crippen LogP contribution >= 0.6 is 0 Å². The van der Waals surface area contributed by atoms with Crippen LogP contribution in [-0.2, 0) is 18.2 Å². The van der Waals surface area contributed by atoms with Crippen molar-refractivity contribution >= 4 is 0 Å². The fourth-order valence-electron chi connectivity index (χ4n) is 2.40. The molecule has 102 valence electrons. The maximum atomic E-state index is 5.67. The molecule has 2 rings (SSSR count). The van der Waals surface area contributed by atoms with E-state index in [0.717, 1.165) is 44.8 Å². The number of nitrogens with zero attached hydrogens (tertiary/aromatic N) is 4. The van der Waals surface area contributed by atoms with Gasteiger partial charge in [0.15, 0.2) is 5.82 Å². The van der Waals surface area contributed by atoms with Crippen molar-refractivity contribution in [2.75, 3.05) is 19.8 Å². The number of ether oxygens (including phenoxy) is 1. The van der Waals surface area contributed by atoms with Crippen LogP contribution < -0.4 is 5.32 Å². The average Bonchev–Trinajstić information content (AvgIpc) is 2.73. The van der Waals surface area contributed by atoms with Crippen molar-refractivity contribution in [2.45, 2.75) is 39.2 Å². The quantitative estimate of drug-likeness (QED) is 0.830. The van der Waals surface area contributed by atoms with E-state index in [1.165, 1.54) is 4.80 Å². The Hall–Kier alpha value is -1.01. The summed E-state index contributed by atoms with van der Waals surface area (Å²) in [6.45, 7) is 6.93. The second kappa shape index (κ2) is 5.75. The van der Waals surface area contributed by atoms with Gasteiger partial charge in [-0.3, -0.25) is 0 Å². The third-order valence-corrected chi connectivity index (χ3v) is 3.37. The summed E-state index contributed by atoms with van der Waals surface area (Å²) in [4.78, 5) is 1.52. The minimum absolute atomic E-state index is 0.117. The summed E-state index contributed by atoms with van der Waals surface area (Å²) >= 11 is 0. The van der Waals surface area contributed by atoms with Crippen LogP contribution in [0, 0.1) is 5.41 Å². The van der Waals surface area contributed by atoms with Gasteiger partial charge in [0.25, 0.3) is 0 Å². The summed E-state index contributed by atoms with van der Waals surface area (Å²) in [5, 5.41) is 15.8. The average molecular weight is 253 g/mol. The fraction of sp³-hybridized carbons (Fsp3) is 0.917. The van der Waals surface area contributed by atoms with Crippen molar-refractivity contribution < 1.29 is 4.74 Å². The van der Waals surface area contributed by atoms with E-state index >= 15 is 0 Å². The molecule has 1 aliphatic heterocycles. The highest BCUT2D eigenvalue weighted by Gasteiger charge is 2.34. The van der Waals surface area contributed by atoms with Crippen LogP contribution in [0.3, 0.4) is 0 Å². The van der Waals surface area contributed by atoms with Crippen LogP contribution in [0.2, 0.25) is 0 Å². The summed E-state index contributed by atoms with van der Waals surface area (Å²) in [5.41, 5.74) is 0.117. The summed E-state index contributed by atoms with van der Waals surface area (Å²) in [6.07, 6.45) is 3.10. The second-order valence-electron chi connectivity index (χ2n) is 5.56. The Balaban J connectivity index is 2.03. The minimum atomic E-state index is 0.117. The first-order valence-corrected chi connectivity index (χ1v) is 6.64. The zero-order valence-corrected chi connectivity index (χ0v) is 11.5. The van der Waals surface area contributed by atoms with Gasteiger partial charge in [-0.05, 0) is 18.1 Å². The van der Waals surface area contributed by atoms with Crippen LogP contribution in [0.4, 0.5) is 0 Å². The van der Waals surface area contributed by atoms with Gasteiger partial charge in [0, 0.05) is 31.0 Å². The molecule has 1 unspecified atom stereocenters. The molecule has 1 aromatic heterocycles. The number of hydrogen-bond donors (Lipinski definition) is 1. The van der Waals surface area contributed by atoms with E-state index in [1.807, 2.05) is 0 Å². The monoisotopic (exact) mass is 253 g/mol. The van der Waals surface area contributed by atoms with Gasteiger partial charge in [-0.1, -0.05) is 13.8 Å². The maximum absolute atomic E-state index is 5.67. The van der Waals surface area contributed by atoms with Gasteiger partial charge in [0.2, 0.25) is 0 Å². The Morgan fingerprint density at radius 2 is 2.33 bits per heavy atom. The van der Waals surface area contributed by atoms with Gasteiger partial charge in [-0.2, -0.15) is 4.80 Å². The largest absolute Gasteiger partial charge is 0.381 e. The van der Waals surface area contributed by atoms with Gasteiger partial charge in [0.05, 0.1) is 13.7 Å². The molecule has 0 bridgehead atoms. The molecule has 2 heterocycles. The molecule has 0 aliphatic carbocycles. The van der Waals surface area contributed by atoms with E-state index in [9.17, 15) is 0 Å². The van der Waals surface area contributed by atoms with Crippen molar-refractivity contribution in [3.8, 4) is 0 Å². The van der Waals surface area contributed by atoms with Crippen molar-refractivity contribution in [1.29, 1.82) is 0 Å². The third-order valence-electron chi connectivity index (χ3n) is 3.37. The molecule has 0 amide bonds. The predicted molar refractivity (Wildman–Crippen MR) is 68.1 cm³/mol. The van der Waals surface area contributed by atoms with Gasteiger partial charge in [-0.15, -0.1) is 10.2 Å². The highest BCUT2D eigenvalue weighted by atomic mass is 16.5. The molecule has 1 N–H and O–H groups in total. The first-order valence-electron chi connectivity index (χ1n) is 6.64. The zero-order chi connectivity index (χ0) is 13.0. The highest BCUT2D eigenvalue weighted by molar-refractivity contribution is 4.94. The van der Waals surface area contributed by atoms with Crippen molar-refractivity contribution in [3.63, 3.8) is 0 Å². The van der Waals surface area contributed by atoms with Crippen molar-refractivity contribution in [2.24, 2.45) is 12.5 Å². The van der Waals surface area contributed by atoms with E-state index in [0.29, 0.717) is 6.04 Å².